The van der Waals surface area contributed by atoms with Gasteiger partial charge in [0.15, 0.2) is 5.82 Å². The van der Waals surface area contributed by atoms with E-state index >= 15 is 0 Å². The summed E-state index contributed by atoms with van der Waals surface area (Å²) in [6.07, 6.45) is 7.71. The van der Waals surface area contributed by atoms with Gasteiger partial charge in [-0.05, 0) is 36.4 Å². The van der Waals surface area contributed by atoms with Crippen LogP contribution in [0, 0.1) is 5.82 Å². The number of halogens is 1. The summed E-state index contributed by atoms with van der Waals surface area (Å²) in [6.45, 7) is 2.42. The Kier molecular flexibility index (Phi) is 4.94. The van der Waals surface area contributed by atoms with Crippen molar-refractivity contribution in [3.63, 3.8) is 0 Å². The van der Waals surface area contributed by atoms with Crippen LogP contribution in [-0.2, 0) is 19.5 Å². The van der Waals surface area contributed by atoms with Gasteiger partial charge in [0, 0.05) is 55.8 Å². The molecule has 1 aliphatic heterocycles. The molecule has 148 valence electrons. The minimum absolute atomic E-state index is 0.243. The zero-order chi connectivity index (χ0) is 20.3. The summed E-state index contributed by atoms with van der Waals surface area (Å²) < 4.78 is 13.2. The van der Waals surface area contributed by atoms with Crippen LogP contribution in [0.25, 0.3) is 22.6 Å². The zero-order valence-electron chi connectivity index (χ0n) is 16.2. The predicted octanol–water partition coefficient (Wildman–Crippen LogP) is 3.69. The Labute approximate surface area is 173 Å². The van der Waals surface area contributed by atoms with Crippen LogP contribution in [0.3, 0.4) is 0 Å². The second kappa shape index (κ2) is 8.04. The lowest BCUT2D eigenvalue weighted by atomic mass is 10.1. The maximum atomic E-state index is 13.2. The van der Waals surface area contributed by atoms with Crippen LogP contribution >= 0.6 is 0 Å². The van der Waals surface area contributed by atoms with Crippen LogP contribution in [0.2, 0.25) is 0 Å². The molecule has 0 N–H and O–H groups in total. The van der Waals surface area contributed by atoms with Crippen molar-refractivity contribution in [3.05, 3.63) is 90.2 Å². The quantitative estimate of drug-likeness (QED) is 0.522. The Bertz CT molecular complexity index is 1160. The molecule has 0 spiro atoms. The molecule has 3 aromatic heterocycles. The van der Waals surface area contributed by atoms with Crippen LogP contribution < -0.4 is 0 Å². The number of pyridine rings is 1. The minimum atomic E-state index is -0.243. The Hall–Kier alpha value is -3.58. The van der Waals surface area contributed by atoms with Gasteiger partial charge < -0.3 is 0 Å². The third-order valence-electron chi connectivity index (χ3n) is 5.16. The summed E-state index contributed by atoms with van der Waals surface area (Å²) in [4.78, 5) is 24.4. The zero-order valence-corrected chi connectivity index (χ0v) is 16.2. The van der Waals surface area contributed by atoms with Crippen molar-refractivity contribution in [1.82, 2.24) is 29.8 Å². The van der Waals surface area contributed by atoms with Gasteiger partial charge in [-0.15, -0.1) is 0 Å². The summed E-state index contributed by atoms with van der Waals surface area (Å²) in [6, 6.07) is 12.4. The van der Waals surface area contributed by atoms with E-state index in [1.165, 1.54) is 18.5 Å². The molecule has 4 heterocycles. The molecule has 0 amide bonds. The first-order valence-corrected chi connectivity index (χ1v) is 9.79. The largest absolute Gasteiger partial charge is 0.293 e. The summed E-state index contributed by atoms with van der Waals surface area (Å²) >= 11 is 0. The third kappa shape index (κ3) is 3.92. The maximum absolute atomic E-state index is 13.2. The summed E-state index contributed by atoms with van der Waals surface area (Å²) in [5, 5.41) is 0. The van der Waals surface area contributed by atoms with Crippen molar-refractivity contribution in [2.75, 3.05) is 6.54 Å². The van der Waals surface area contributed by atoms with E-state index in [-0.39, 0.29) is 5.82 Å². The molecule has 0 fully saturated rings. The number of nitrogens with zero attached hydrogens (tertiary/aromatic N) is 6. The summed E-state index contributed by atoms with van der Waals surface area (Å²) in [5.41, 5.74) is 5.78. The number of hydrogen-bond acceptors (Lipinski definition) is 6. The van der Waals surface area contributed by atoms with Crippen LogP contribution in [0.5, 0.6) is 0 Å². The van der Waals surface area contributed by atoms with Crippen molar-refractivity contribution in [1.29, 1.82) is 0 Å². The molecule has 0 aliphatic carbocycles. The number of benzene rings is 1. The summed E-state index contributed by atoms with van der Waals surface area (Å²) in [5.74, 6) is 0.420. The highest BCUT2D eigenvalue weighted by atomic mass is 19.1. The van der Waals surface area contributed by atoms with Crippen molar-refractivity contribution in [2.24, 2.45) is 0 Å². The van der Waals surface area contributed by atoms with E-state index in [2.05, 4.69) is 19.9 Å². The van der Waals surface area contributed by atoms with Crippen molar-refractivity contribution in [3.8, 4) is 22.6 Å². The molecule has 6 nitrogen and oxygen atoms in total. The first-order valence-electron chi connectivity index (χ1n) is 9.79. The fourth-order valence-electron chi connectivity index (χ4n) is 3.64. The van der Waals surface area contributed by atoms with E-state index in [0.717, 1.165) is 59.8 Å². The van der Waals surface area contributed by atoms with Crippen molar-refractivity contribution < 1.29 is 4.39 Å². The van der Waals surface area contributed by atoms with Crippen LogP contribution in [-0.4, -0.2) is 36.4 Å². The molecule has 0 radical (unpaired) electrons. The Morgan fingerprint density at radius 3 is 2.57 bits per heavy atom. The molecular weight excluding hydrogens is 379 g/mol. The topological polar surface area (TPSA) is 67.7 Å². The first-order chi connectivity index (χ1) is 14.7. The highest BCUT2D eigenvalue weighted by Gasteiger charge is 2.19. The molecule has 30 heavy (non-hydrogen) atoms. The van der Waals surface area contributed by atoms with E-state index in [0.29, 0.717) is 5.82 Å². The number of rotatable bonds is 4. The second-order valence-electron chi connectivity index (χ2n) is 7.27. The number of aromatic nitrogens is 5. The lowest BCUT2D eigenvalue weighted by Gasteiger charge is -2.27. The average molecular weight is 398 g/mol. The molecule has 0 atom stereocenters. The Morgan fingerprint density at radius 2 is 1.73 bits per heavy atom. The normalized spacial score (nSPS) is 13.8. The SMILES string of the molecule is Fc1ccc(-c2cccc(CN3CCc4nc(-c5cncnc5)ncc4C3)n2)cc1. The second-order valence-corrected chi connectivity index (χ2v) is 7.27. The van der Waals surface area contributed by atoms with E-state index in [9.17, 15) is 4.39 Å². The number of fused-ring (bicyclic) bond motifs is 1. The molecule has 0 saturated carbocycles. The van der Waals surface area contributed by atoms with Gasteiger partial charge in [-0.1, -0.05) is 6.07 Å². The Balaban J connectivity index is 1.31. The molecule has 0 saturated heterocycles. The molecule has 0 bridgehead atoms. The van der Waals surface area contributed by atoms with Crippen LogP contribution in [0.1, 0.15) is 17.0 Å². The van der Waals surface area contributed by atoms with Crippen molar-refractivity contribution >= 4 is 0 Å². The standard InChI is InChI=1S/C23H19FN6/c24-19-6-4-16(5-7-19)21-3-1-2-20(28-21)14-30-9-8-22-18(13-30)12-27-23(29-22)17-10-25-15-26-11-17/h1-7,10-12,15H,8-9,13-14H2. The van der Waals surface area contributed by atoms with Gasteiger partial charge in [0.1, 0.15) is 12.1 Å². The van der Waals surface area contributed by atoms with Gasteiger partial charge in [-0.2, -0.15) is 0 Å². The monoisotopic (exact) mass is 398 g/mol. The van der Waals surface area contributed by atoms with Gasteiger partial charge in [0.25, 0.3) is 0 Å². The van der Waals surface area contributed by atoms with Gasteiger partial charge >= 0.3 is 0 Å². The van der Waals surface area contributed by atoms with Gasteiger partial charge in [-0.3, -0.25) is 9.88 Å². The average Bonchev–Trinajstić information content (AvgIpc) is 2.80. The molecule has 4 aromatic rings. The van der Waals surface area contributed by atoms with Crippen LogP contribution in [0.15, 0.2) is 67.4 Å². The highest BCUT2D eigenvalue weighted by molar-refractivity contribution is 5.59. The predicted molar refractivity (Wildman–Crippen MR) is 111 cm³/mol. The minimum Gasteiger partial charge on any atom is -0.293 e. The fraction of sp³-hybridized carbons (Fsp3) is 0.174. The molecule has 1 aliphatic rings. The van der Waals surface area contributed by atoms with Crippen molar-refractivity contribution in [2.45, 2.75) is 19.5 Å². The smallest absolute Gasteiger partial charge is 0.162 e. The van der Waals surface area contributed by atoms with E-state index in [4.69, 9.17) is 9.97 Å². The van der Waals surface area contributed by atoms with Gasteiger partial charge in [0.2, 0.25) is 0 Å². The fourth-order valence-corrected chi connectivity index (χ4v) is 3.64. The van der Waals surface area contributed by atoms with E-state index in [1.807, 2.05) is 24.4 Å². The summed E-state index contributed by atoms with van der Waals surface area (Å²) in [7, 11) is 0. The number of hydrogen-bond donors (Lipinski definition) is 0. The molecule has 7 heteroatoms. The van der Waals surface area contributed by atoms with Crippen LogP contribution in [0.4, 0.5) is 4.39 Å². The first kappa shape index (κ1) is 18.4. The molecule has 0 unspecified atom stereocenters. The lowest BCUT2D eigenvalue weighted by molar-refractivity contribution is 0.240. The molecular formula is C23H19FN6. The maximum Gasteiger partial charge on any atom is 0.162 e. The lowest BCUT2D eigenvalue weighted by Crippen LogP contribution is -2.31. The Morgan fingerprint density at radius 1 is 0.900 bits per heavy atom. The van der Waals surface area contributed by atoms with Gasteiger partial charge in [0.05, 0.1) is 22.6 Å². The third-order valence-corrected chi connectivity index (χ3v) is 5.16. The molecule has 1 aromatic carbocycles. The van der Waals surface area contributed by atoms with E-state index < -0.39 is 0 Å². The van der Waals surface area contributed by atoms with E-state index in [1.54, 1.807) is 24.5 Å². The van der Waals surface area contributed by atoms with Gasteiger partial charge in [-0.25, -0.2) is 24.3 Å². The highest BCUT2D eigenvalue weighted by Crippen LogP contribution is 2.22. The molecule has 5 rings (SSSR count).